The Hall–Kier alpha value is -1.95. The molecule has 6 heteroatoms. The van der Waals surface area contributed by atoms with E-state index in [4.69, 9.17) is 5.73 Å². The Balaban J connectivity index is 1.72. The van der Waals surface area contributed by atoms with E-state index in [1.807, 2.05) is 0 Å². The average Bonchev–Trinajstić information content (AvgIpc) is 2.94. The standard InChI is InChI=1S/C15H18FN3O2/c16-11-4-1-3-10(7-11)12(17)8-18-9-14(20)19-6-2-5-13(19)15(18)21/h1,3-4,7,12-13H,2,5-6,8-9,17H2. The van der Waals surface area contributed by atoms with Crippen LogP contribution in [0.2, 0.25) is 0 Å². The van der Waals surface area contributed by atoms with Crippen LogP contribution in [0.25, 0.3) is 0 Å². The number of hydrogen-bond donors (Lipinski definition) is 1. The zero-order valence-corrected chi connectivity index (χ0v) is 11.7. The van der Waals surface area contributed by atoms with Gasteiger partial charge in [-0.05, 0) is 30.5 Å². The second-order valence-electron chi connectivity index (χ2n) is 5.63. The van der Waals surface area contributed by atoms with Crippen molar-refractivity contribution in [2.24, 2.45) is 5.73 Å². The van der Waals surface area contributed by atoms with Crippen molar-refractivity contribution in [3.8, 4) is 0 Å². The maximum Gasteiger partial charge on any atom is 0.245 e. The Morgan fingerprint density at radius 3 is 2.95 bits per heavy atom. The van der Waals surface area contributed by atoms with Crippen molar-refractivity contribution in [1.82, 2.24) is 9.80 Å². The average molecular weight is 291 g/mol. The number of piperazine rings is 1. The van der Waals surface area contributed by atoms with Crippen LogP contribution in [0.3, 0.4) is 0 Å². The molecule has 0 radical (unpaired) electrons. The molecule has 0 spiro atoms. The van der Waals surface area contributed by atoms with Crippen molar-refractivity contribution < 1.29 is 14.0 Å². The van der Waals surface area contributed by atoms with Gasteiger partial charge in [0.15, 0.2) is 0 Å². The number of fused-ring (bicyclic) bond motifs is 1. The summed E-state index contributed by atoms with van der Waals surface area (Å²) in [6, 6.07) is 5.21. The summed E-state index contributed by atoms with van der Waals surface area (Å²) in [6.45, 7) is 0.968. The number of halogens is 1. The maximum absolute atomic E-state index is 13.2. The number of rotatable bonds is 3. The first-order valence-corrected chi connectivity index (χ1v) is 7.15. The third kappa shape index (κ3) is 2.63. The molecule has 2 aliphatic rings. The first-order chi connectivity index (χ1) is 10.1. The van der Waals surface area contributed by atoms with Gasteiger partial charge >= 0.3 is 0 Å². The van der Waals surface area contributed by atoms with E-state index in [0.29, 0.717) is 12.1 Å². The van der Waals surface area contributed by atoms with E-state index in [2.05, 4.69) is 0 Å². The minimum atomic E-state index is -0.495. The summed E-state index contributed by atoms with van der Waals surface area (Å²) in [5, 5.41) is 0. The molecule has 3 rings (SSSR count). The summed E-state index contributed by atoms with van der Waals surface area (Å²) in [6.07, 6.45) is 1.59. The van der Waals surface area contributed by atoms with E-state index in [1.54, 1.807) is 17.0 Å². The Morgan fingerprint density at radius 2 is 2.19 bits per heavy atom. The minimum absolute atomic E-state index is 0.0245. The van der Waals surface area contributed by atoms with Gasteiger partial charge in [-0.1, -0.05) is 12.1 Å². The highest BCUT2D eigenvalue weighted by atomic mass is 19.1. The third-order valence-electron chi connectivity index (χ3n) is 4.19. The van der Waals surface area contributed by atoms with Gasteiger partial charge in [-0.3, -0.25) is 9.59 Å². The van der Waals surface area contributed by atoms with Crippen LogP contribution in [0.4, 0.5) is 4.39 Å². The molecule has 0 saturated carbocycles. The highest BCUT2D eigenvalue weighted by molar-refractivity contribution is 5.95. The number of carbonyl (C=O) groups is 2. The van der Waals surface area contributed by atoms with Gasteiger partial charge in [-0.25, -0.2) is 4.39 Å². The lowest BCUT2D eigenvalue weighted by Crippen LogP contribution is -2.58. The Kier molecular flexibility index (Phi) is 3.63. The van der Waals surface area contributed by atoms with Crippen molar-refractivity contribution in [2.75, 3.05) is 19.6 Å². The summed E-state index contributed by atoms with van der Waals surface area (Å²) in [4.78, 5) is 27.6. The van der Waals surface area contributed by atoms with Gasteiger partial charge in [0.25, 0.3) is 0 Å². The molecule has 112 valence electrons. The summed E-state index contributed by atoms with van der Waals surface area (Å²) in [5.41, 5.74) is 6.68. The van der Waals surface area contributed by atoms with Crippen LogP contribution in [0.5, 0.6) is 0 Å². The van der Waals surface area contributed by atoms with E-state index in [-0.39, 0.29) is 36.8 Å². The minimum Gasteiger partial charge on any atom is -0.330 e. The van der Waals surface area contributed by atoms with Crippen molar-refractivity contribution >= 4 is 11.8 Å². The van der Waals surface area contributed by atoms with Gasteiger partial charge in [0.05, 0.1) is 6.54 Å². The molecule has 2 amide bonds. The second kappa shape index (κ2) is 5.44. The maximum atomic E-state index is 13.2. The van der Waals surface area contributed by atoms with Gasteiger partial charge < -0.3 is 15.5 Å². The van der Waals surface area contributed by atoms with E-state index in [9.17, 15) is 14.0 Å². The molecule has 2 N–H and O–H groups in total. The smallest absolute Gasteiger partial charge is 0.245 e. The van der Waals surface area contributed by atoms with Crippen LogP contribution < -0.4 is 5.73 Å². The zero-order valence-electron chi connectivity index (χ0n) is 11.7. The fourth-order valence-electron chi connectivity index (χ4n) is 3.10. The van der Waals surface area contributed by atoms with Crippen LogP contribution in [0.1, 0.15) is 24.4 Å². The Bertz CT molecular complexity index is 578. The highest BCUT2D eigenvalue weighted by Crippen LogP contribution is 2.25. The largest absolute Gasteiger partial charge is 0.330 e. The number of hydrogen-bond acceptors (Lipinski definition) is 3. The van der Waals surface area contributed by atoms with Gasteiger partial charge in [-0.2, -0.15) is 0 Å². The summed E-state index contributed by atoms with van der Waals surface area (Å²) in [5.74, 6) is -0.423. The third-order valence-corrected chi connectivity index (χ3v) is 4.19. The topological polar surface area (TPSA) is 66.6 Å². The zero-order chi connectivity index (χ0) is 15.0. The molecule has 21 heavy (non-hydrogen) atoms. The van der Waals surface area contributed by atoms with Crippen LogP contribution in [0.15, 0.2) is 24.3 Å². The number of carbonyl (C=O) groups excluding carboxylic acids is 2. The van der Waals surface area contributed by atoms with Crippen molar-refractivity contribution in [3.63, 3.8) is 0 Å². The number of nitrogens with two attached hydrogens (primary N) is 1. The van der Waals surface area contributed by atoms with Crippen LogP contribution in [0, 0.1) is 5.82 Å². The predicted molar refractivity (Wildman–Crippen MR) is 74.6 cm³/mol. The molecular weight excluding hydrogens is 273 g/mol. The summed E-state index contributed by atoms with van der Waals surface area (Å²) in [7, 11) is 0. The lowest BCUT2D eigenvalue weighted by molar-refractivity contribution is -0.153. The fraction of sp³-hybridized carbons (Fsp3) is 0.467. The number of nitrogens with zero attached hydrogens (tertiary/aromatic N) is 2. The molecule has 2 aliphatic heterocycles. The van der Waals surface area contributed by atoms with Crippen molar-refractivity contribution in [3.05, 3.63) is 35.6 Å². The Labute approximate surface area is 122 Å². The molecule has 1 aromatic carbocycles. The molecule has 0 aromatic heterocycles. The van der Waals surface area contributed by atoms with E-state index < -0.39 is 6.04 Å². The molecule has 2 unspecified atom stereocenters. The molecule has 0 bridgehead atoms. The molecule has 2 fully saturated rings. The summed E-state index contributed by atoms with van der Waals surface area (Å²) >= 11 is 0. The van der Waals surface area contributed by atoms with Crippen LogP contribution >= 0.6 is 0 Å². The predicted octanol–water partition coefficient (Wildman–Crippen LogP) is 0.659. The van der Waals surface area contributed by atoms with Gasteiger partial charge in [0.1, 0.15) is 11.9 Å². The highest BCUT2D eigenvalue weighted by Gasteiger charge is 2.42. The summed E-state index contributed by atoms with van der Waals surface area (Å²) < 4.78 is 13.2. The molecular formula is C15H18FN3O2. The van der Waals surface area contributed by atoms with Gasteiger partial charge in [0.2, 0.25) is 11.8 Å². The van der Waals surface area contributed by atoms with Crippen molar-refractivity contribution in [2.45, 2.75) is 24.9 Å². The SMILES string of the molecule is NC(CN1CC(=O)N2CCCC2C1=O)c1cccc(F)c1. The Morgan fingerprint density at radius 1 is 1.38 bits per heavy atom. The van der Waals surface area contributed by atoms with E-state index >= 15 is 0 Å². The molecule has 2 saturated heterocycles. The fourth-order valence-corrected chi connectivity index (χ4v) is 3.10. The molecule has 2 atom stereocenters. The molecule has 0 aliphatic carbocycles. The van der Waals surface area contributed by atoms with Gasteiger partial charge in [0, 0.05) is 19.1 Å². The lowest BCUT2D eigenvalue weighted by Gasteiger charge is -2.37. The first kappa shape index (κ1) is 14.0. The van der Waals surface area contributed by atoms with E-state index in [1.165, 1.54) is 17.0 Å². The molecule has 1 aromatic rings. The number of amides is 2. The monoisotopic (exact) mass is 291 g/mol. The molecule has 5 nitrogen and oxygen atoms in total. The lowest BCUT2D eigenvalue weighted by atomic mass is 10.1. The van der Waals surface area contributed by atoms with Crippen LogP contribution in [-0.4, -0.2) is 47.3 Å². The normalized spacial score (nSPS) is 23.4. The van der Waals surface area contributed by atoms with Crippen molar-refractivity contribution in [1.29, 1.82) is 0 Å². The second-order valence-corrected chi connectivity index (χ2v) is 5.63. The van der Waals surface area contributed by atoms with E-state index in [0.717, 1.165) is 12.8 Å². The number of benzene rings is 1. The van der Waals surface area contributed by atoms with Gasteiger partial charge in [-0.15, -0.1) is 0 Å². The van der Waals surface area contributed by atoms with Crippen LogP contribution in [-0.2, 0) is 9.59 Å². The molecule has 2 heterocycles. The first-order valence-electron chi connectivity index (χ1n) is 7.15. The quantitative estimate of drug-likeness (QED) is 0.889.